The predicted octanol–water partition coefficient (Wildman–Crippen LogP) is 6.94. The molecule has 0 saturated carbocycles. The van der Waals surface area contributed by atoms with Crippen molar-refractivity contribution in [2.45, 2.75) is 39.5 Å². The summed E-state index contributed by atoms with van der Waals surface area (Å²) in [4.78, 5) is 34.2. The second kappa shape index (κ2) is 14.4. The molecule has 2 aromatic heterocycles. The molecule has 2 heterocycles. The van der Waals surface area contributed by atoms with E-state index < -0.39 is 11.9 Å². The first-order valence-electron chi connectivity index (χ1n) is 13.4. The van der Waals surface area contributed by atoms with E-state index in [9.17, 15) is 9.59 Å². The molecule has 206 valence electrons. The van der Waals surface area contributed by atoms with E-state index in [1.165, 1.54) is 12.4 Å². The van der Waals surface area contributed by atoms with E-state index in [1.54, 1.807) is 72.8 Å². The molecular formula is C32H32N2O6. The largest absolute Gasteiger partial charge is 0.494 e. The maximum Gasteiger partial charge on any atom is 0.343 e. The van der Waals surface area contributed by atoms with Gasteiger partial charge in [0.2, 0.25) is 0 Å². The lowest BCUT2D eigenvalue weighted by molar-refractivity contribution is 0.0724. The van der Waals surface area contributed by atoms with Crippen LogP contribution in [-0.4, -0.2) is 35.1 Å². The number of hydrogen-bond acceptors (Lipinski definition) is 8. The predicted molar refractivity (Wildman–Crippen MR) is 151 cm³/mol. The maximum absolute atomic E-state index is 12.8. The van der Waals surface area contributed by atoms with Crippen LogP contribution in [0.3, 0.4) is 0 Å². The number of unbranched alkanes of at least 4 members (excludes halogenated alkanes) is 2. The summed E-state index contributed by atoms with van der Waals surface area (Å²) in [5.74, 6) is 1.15. The number of nitrogens with zero attached hydrogens (tertiary/aromatic N) is 2. The zero-order valence-electron chi connectivity index (χ0n) is 22.7. The summed E-state index contributed by atoms with van der Waals surface area (Å²) in [6.45, 7) is 5.49. The van der Waals surface area contributed by atoms with Gasteiger partial charge in [0.15, 0.2) is 0 Å². The van der Waals surface area contributed by atoms with Gasteiger partial charge in [0.25, 0.3) is 0 Å². The average molecular weight is 541 g/mol. The average Bonchev–Trinajstić information content (AvgIpc) is 2.99. The van der Waals surface area contributed by atoms with Gasteiger partial charge in [-0.25, -0.2) is 9.59 Å². The van der Waals surface area contributed by atoms with Crippen molar-refractivity contribution in [3.8, 4) is 34.4 Å². The number of hydrogen-bond donors (Lipinski definition) is 0. The van der Waals surface area contributed by atoms with Crippen LogP contribution in [0.15, 0.2) is 85.2 Å². The van der Waals surface area contributed by atoms with Crippen molar-refractivity contribution in [1.82, 2.24) is 9.97 Å². The van der Waals surface area contributed by atoms with Crippen LogP contribution in [0.2, 0.25) is 0 Å². The fraction of sp³-hybridized carbons (Fsp3) is 0.250. The Labute approximate surface area is 233 Å². The van der Waals surface area contributed by atoms with E-state index in [0.29, 0.717) is 47.2 Å². The monoisotopic (exact) mass is 540 g/mol. The lowest BCUT2D eigenvalue weighted by Gasteiger charge is -2.09. The Kier molecular flexibility index (Phi) is 10.2. The van der Waals surface area contributed by atoms with Gasteiger partial charge in [-0.15, -0.1) is 0 Å². The molecule has 0 aliphatic rings. The van der Waals surface area contributed by atoms with Crippen molar-refractivity contribution < 1.29 is 28.5 Å². The van der Waals surface area contributed by atoms with E-state index in [0.717, 1.165) is 37.2 Å². The van der Waals surface area contributed by atoms with Gasteiger partial charge in [0, 0.05) is 12.4 Å². The van der Waals surface area contributed by atoms with Crippen LogP contribution < -0.4 is 18.9 Å². The van der Waals surface area contributed by atoms with Crippen LogP contribution in [0.1, 0.15) is 60.2 Å². The molecular weight excluding hydrogens is 508 g/mol. The number of pyridine rings is 2. The second-order valence-corrected chi connectivity index (χ2v) is 8.99. The molecule has 8 nitrogen and oxygen atoms in total. The fourth-order valence-corrected chi connectivity index (χ4v) is 3.60. The molecule has 4 aromatic rings. The topological polar surface area (TPSA) is 96.8 Å². The standard InChI is InChI=1S/C32H32N2O6/c1-3-5-19-37-25-7-11-27(12-8-25)39-31(35)23-15-17-33-29(21-23)30-22-24(16-18-34-30)32(36)40-28-13-9-26(10-14-28)38-20-6-4-2/h7-18,21-22H,3-6,19-20H2,1-2H3. The van der Waals surface area contributed by atoms with Crippen molar-refractivity contribution in [3.63, 3.8) is 0 Å². The van der Waals surface area contributed by atoms with Crippen molar-refractivity contribution in [2.75, 3.05) is 13.2 Å². The second-order valence-electron chi connectivity index (χ2n) is 8.99. The lowest BCUT2D eigenvalue weighted by Crippen LogP contribution is -2.10. The molecule has 0 saturated heterocycles. The molecule has 0 atom stereocenters. The molecule has 0 fully saturated rings. The molecule has 0 radical (unpaired) electrons. The normalized spacial score (nSPS) is 10.6. The Bertz CT molecular complexity index is 1290. The Morgan fingerprint density at radius 2 is 0.950 bits per heavy atom. The van der Waals surface area contributed by atoms with Crippen LogP contribution in [0.5, 0.6) is 23.0 Å². The minimum absolute atomic E-state index is 0.296. The fourth-order valence-electron chi connectivity index (χ4n) is 3.60. The van der Waals surface area contributed by atoms with Crippen molar-refractivity contribution in [1.29, 1.82) is 0 Å². The van der Waals surface area contributed by atoms with Gasteiger partial charge < -0.3 is 18.9 Å². The molecule has 0 aliphatic carbocycles. The van der Waals surface area contributed by atoms with Crippen LogP contribution in [-0.2, 0) is 0 Å². The van der Waals surface area contributed by atoms with Gasteiger partial charge in [-0.3, -0.25) is 9.97 Å². The first-order chi connectivity index (χ1) is 19.6. The summed E-state index contributed by atoms with van der Waals surface area (Å²) in [7, 11) is 0. The van der Waals surface area contributed by atoms with E-state index in [-0.39, 0.29) is 0 Å². The summed E-state index contributed by atoms with van der Waals surface area (Å²) in [5, 5.41) is 0. The number of ether oxygens (including phenoxy) is 4. The molecule has 4 rings (SSSR count). The lowest BCUT2D eigenvalue weighted by atomic mass is 10.1. The number of benzene rings is 2. The van der Waals surface area contributed by atoms with Crippen LogP contribution in [0.4, 0.5) is 0 Å². The van der Waals surface area contributed by atoms with Crippen molar-refractivity contribution in [3.05, 3.63) is 96.3 Å². The van der Waals surface area contributed by atoms with Crippen molar-refractivity contribution >= 4 is 11.9 Å². The third-order valence-corrected chi connectivity index (χ3v) is 5.86. The van der Waals surface area contributed by atoms with Gasteiger partial charge in [0.1, 0.15) is 23.0 Å². The molecule has 2 aromatic carbocycles. The maximum atomic E-state index is 12.8. The van der Waals surface area contributed by atoms with Gasteiger partial charge >= 0.3 is 11.9 Å². The molecule has 0 unspecified atom stereocenters. The van der Waals surface area contributed by atoms with Gasteiger partial charge in [0.05, 0.1) is 35.7 Å². The number of esters is 2. The SMILES string of the molecule is CCCCOc1ccc(OC(=O)c2ccnc(-c3cc(C(=O)Oc4ccc(OCCCC)cc4)ccn3)c2)cc1. The quantitative estimate of drug-likeness (QED) is 0.102. The smallest absolute Gasteiger partial charge is 0.343 e. The molecule has 8 heteroatoms. The highest BCUT2D eigenvalue weighted by Crippen LogP contribution is 2.23. The van der Waals surface area contributed by atoms with E-state index >= 15 is 0 Å². The van der Waals surface area contributed by atoms with Crippen LogP contribution in [0.25, 0.3) is 11.4 Å². The Hall–Kier alpha value is -4.72. The van der Waals surface area contributed by atoms with E-state index in [1.807, 2.05) is 0 Å². The zero-order valence-corrected chi connectivity index (χ0v) is 22.7. The van der Waals surface area contributed by atoms with E-state index in [2.05, 4.69) is 23.8 Å². The Morgan fingerprint density at radius 3 is 1.32 bits per heavy atom. The first-order valence-corrected chi connectivity index (χ1v) is 13.4. The minimum atomic E-state index is -0.541. The third kappa shape index (κ3) is 8.14. The minimum Gasteiger partial charge on any atom is -0.494 e. The Balaban J connectivity index is 1.39. The summed E-state index contributed by atoms with van der Waals surface area (Å²) in [5.41, 5.74) is 1.42. The van der Waals surface area contributed by atoms with Crippen LogP contribution >= 0.6 is 0 Å². The number of aromatic nitrogens is 2. The molecule has 0 N–H and O–H groups in total. The third-order valence-electron chi connectivity index (χ3n) is 5.86. The molecule has 0 aliphatic heterocycles. The summed E-state index contributed by atoms with van der Waals surface area (Å²) < 4.78 is 22.3. The van der Waals surface area contributed by atoms with Crippen molar-refractivity contribution in [2.24, 2.45) is 0 Å². The van der Waals surface area contributed by atoms with Crippen LogP contribution in [0, 0.1) is 0 Å². The first kappa shape index (κ1) is 28.3. The number of carbonyl (C=O) groups excluding carboxylic acids is 2. The molecule has 0 spiro atoms. The highest BCUT2D eigenvalue weighted by atomic mass is 16.5. The molecule has 40 heavy (non-hydrogen) atoms. The van der Waals surface area contributed by atoms with Gasteiger partial charge in [-0.05, 0) is 85.6 Å². The summed E-state index contributed by atoms with van der Waals surface area (Å²) in [6.07, 6.45) is 7.04. The molecule has 0 amide bonds. The molecule has 0 bridgehead atoms. The Morgan fingerprint density at radius 1 is 0.575 bits per heavy atom. The number of rotatable bonds is 13. The summed E-state index contributed by atoms with van der Waals surface area (Å²) in [6, 6.07) is 20.1. The summed E-state index contributed by atoms with van der Waals surface area (Å²) >= 11 is 0. The van der Waals surface area contributed by atoms with E-state index in [4.69, 9.17) is 18.9 Å². The van der Waals surface area contributed by atoms with Gasteiger partial charge in [-0.1, -0.05) is 26.7 Å². The number of carbonyl (C=O) groups is 2. The zero-order chi connectivity index (χ0) is 28.2. The highest BCUT2D eigenvalue weighted by Gasteiger charge is 2.15. The van der Waals surface area contributed by atoms with Gasteiger partial charge in [-0.2, -0.15) is 0 Å². The highest BCUT2D eigenvalue weighted by molar-refractivity contribution is 5.93.